The minimum absolute atomic E-state index is 0.0467. The van der Waals surface area contributed by atoms with Gasteiger partial charge in [-0.1, -0.05) is 42.5 Å². The molecule has 35 heavy (non-hydrogen) atoms. The molecule has 7 heteroatoms. The fourth-order valence-electron chi connectivity index (χ4n) is 6.31. The Hall–Kier alpha value is -3.68. The second-order valence-corrected chi connectivity index (χ2v) is 10.0. The maximum absolute atomic E-state index is 12.5. The van der Waals surface area contributed by atoms with Crippen LogP contribution in [0.5, 0.6) is 5.75 Å². The molecule has 1 aliphatic carbocycles. The van der Waals surface area contributed by atoms with Crippen molar-refractivity contribution >= 4 is 16.6 Å². The first-order valence-corrected chi connectivity index (χ1v) is 11.9. The minimum atomic E-state index is -1.11. The van der Waals surface area contributed by atoms with Crippen LogP contribution in [0.3, 0.4) is 0 Å². The maximum Gasteiger partial charge on any atom is 0.270 e. The van der Waals surface area contributed by atoms with E-state index in [1.807, 2.05) is 30.3 Å². The van der Waals surface area contributed by atoms with Crippen molar-refractivity contribution in [1.29, 1.82) is 0 Å². The number of likely N-dealkylation sites (tertiary alicyclic amines) is 1. The Morgan fingerprint density at radius 2 is 1.86 bits per heavy atom. The highest BCUT2D eigenvalue weighted by molar-refractivity contribution is 5.87. The van der Waals surface area contributed by atoms with Crippen LogP contribution < -0.4 is 0 Å². The Balaban J connectivity index is 1.46. The van der Waals surface area contributed by atoms with Gasteiger partial charge in [-0.25, -0.2) is 0 Å². The summed E-state index contributed by atoms with van der Waals surface area (Å²) in [5.41, 5.74) is 3.27. The van der Waals surface area contributed by atoms with E-state index < -0.39 is 11.0 Å². The third kappa shape index (κ3) is 3.50. The van der Waals surface area contributed by atoms with Gasteiger partial charge in [0.1, 0.15) is 5.75 Å². The monoisotopic (exact) mass is 469 g/mol. The summed E-state index contributed by atoms with van der Waals surface area (Å²) in [4.78, 5) is 16.8. The third-order valence-electron chi connectivity index (χ3n) is 8.02. The van der Waals surface area contributed by atoms with Gasteiger partial charge in [-0.05, 0) is 47.9 Å². The van der Waals surface area contributed by atoms with Crippen molar-refractivity contribution in [2.75, 3.05) is 13.1 Å². The molecule has 2 aliphatic rings. The summed E-state index contributed by atoms with van der Waals surface area (Å²) < 4.78 is 0. The molecule has 6 rings (SSSR count). The molecule has 7 nitrogen and oxygen atoms in total. The van der Waals surface area contributed by atoms with Gasteiger partial charge in [0.2, 0.25) is 0 Å². The average molecular weight is 470 g/mol. The molecular weight excluding hydrogens is 442 g/mol. The number of hydrogen-bond donors (Lipinski definition) is 3. The number of nitro benzene ring substituents is 1. The van der Waals surface area contributed by atoms with Gasteiger partial charge in [0.15, 0.2) is 0 Å². The summed E-state index contributed by atoms with van der Waals surface area (Å²) in [6.07, 6.45) is 1.68. The molecule has 3 aromatic carbocycles. The summed E-state index contributed by atoms with van der Waals surface area (Å²) in [5, 5.41) is 35.0. The number of nitrogens with zero attached hydrogens (tertiary/aromatic N) is 2. The molecule has 178 valence electrons. The highest BCUT2D eigenvalue weighted by Crippen LogP contribution is 2.52. The van der Waals surface area contributed by atoms with Gasteiger partial charge in [0.25, 0.3) is 5.69 Å². The smallest absolute Gasteiger partial charge is 0.270 e. The van der Waals surface area contributed by atoms with Crippen molar-refractivity contribution in [3.8, 4) is 5.75 Å². The highest BCUT2D eigenvalue weighted by Gasteiger charge is 2.57. The number of benzene rings is 3. The number of nitrogens with one attached hydrogen (secondary N) is 1. The summed E-state index contributed by atoms with van der Waals surface area (Å²) in [7, 11) is 0. The van der Waals surface area contributed by atoms with Gasteiger partial charge in [0.05, 0.1) is 10.5 Å². The maximum atomic E-state index is 12.5. The number of β-amino-alcohol motifs (C(OH)–C–C–N with tert-alkyl or cyclic N) is 1. The van der Waals surface area contributed by atoms with Crippen LogP contribution in [-0.2, 0) is 24.8 Å². The Bertz CT molecular complexity index is 1430. The van der Waals surface area contributed by atoms with Crippen LogP contribution in [0.15, 0.2) is 72.8 Å². The predicted molar refractivity (Wildman–Crippen MR) is 133 cm³/mol. The number of hydrogen-bond acceptors (Lipinski definition) is 5. The SMILES string of the molecule is O=[N+]([O-])c1ccc2[nH]c3c(c2c1)CC1(O)CN(Cc2ccccc2)CCC1(c1cccc(O)c1)C3. The zero-order chi connectivity index (χ0) is 24.2. The highest BCUT2D eigenvalue weighted by atomic mass is 16.6. The largest absolute Gasteiger partial charge is 0.508 e. The quantitative estimate of drug-likeness (QED) is 0.303. The molecule has 0 radical (unpaired) electrons. The van der Waals surface area contributed by atoms with Gasteiger partial charge < -0.3 is 15.2 Å². The second-order valence-electron chi connectivity index (χ2n) is 10.0. The molecule has 1 saturated heterocycles. The lowest BCUT2D eigenvalue weighted by atomic mass is 9.56. The normalized spacial score (nSPS) is 24.1. The number of piperidine rings is 1. The Kier molecular flexibility index (Phi) is 4.95. The molecule has 0 spiro atoms. The molecule has 4 aromatic rings. The number of nitro groups is 1. The molecule has 0 bridgehead atoms. The van der Waals surface area contributed by atoms with E-state index in [4.69, 9.17) is 0 Å². The van der Waals surface area contributed by atoms with E-state index in [0.29, 0.717) is 19.4 Å². The van der Waals surface area contributed by atoms with Crippen LogP contribution in [0.4, 0.5) is 5.69 Å². The topological polar surface area (TPSA) is 103 Å². The number of H-pyrrole nitrogens is 1. The van der Waals surface area contributed by atoms with Crippen LogP contribution in [0.1, 0.15) is 28.8 Å². The summed E-state index contributed by atoms with van der Waals surface area (Å²) in [6, 6.07) is 22.4. The molecule has 1 aromatic heterocycles. The van der Waals surface area contributed by atoms with E-state index in [-0.39, 0.29) is 16.4 Å². The number of rotatable bonds is 4. The lowest BCUT2D eigenvalue weighted by Gasteiger charge is -2.56. The predicted octanol–water partition coefficient (Wildman–Crippen LogP) is 4.46. The Morgan fingerprint density at radius 3 is 2.63 bits per heavy atom. The van der Waals surface area contributed by atoms with Crippen LogP contribution in [0, 0.1) is 10.1 Å². The van der Waals surface area contributed by atoms with Crippen molar-refractivity contribution in [1.82, 2.24) is 9.88 Å². The first kappa shape index (κ1) is 21.8. The second kappa shape index (κ2) is 7.93. The molecule has 2 heterocycles. The summed E-state index contributed by atoms with van der Waals surface area (Å²) in [5.74, 6) is 0.184. The average Bonchev–Trinajstić information content (AvgIpc) is 3.18. The van der Waals surface area contributed by atoms with Gasteiger partial charge in [-0.3, -0.25) is 15.0 Å². The molecular formula is C28H27N3O4. The fourth-order valence-corrected chi connectivity index (χ4v) is 6.31. The van der Waals surface area contributed by atoms with Crippen LogP contribution in [0.25, 0.3) is 10.9 Å². The Morgan fingerprint density at radius 1 is 1.03 bits per heavy atom. The van der Waals surface area contributed by atoms with E-state index >= 15 is 0 Å². The zero-order valence-corrected chi connectivity index (χ0v) is 19.3. The van der Waals surface area contributed by atoms with Crippen molar-refractivity contribution < 1.29 is 15.1 Å². The number of phenols is 1. The molecule has 1 aliphatic heterocycles. The Labute approximate surface area is 202 Å². The van der Waals surface area contributed by atoms with E-state index in [1.165, 1.54) is 11.6 Å². The van der Waals surface area contributed by atoms with Crippen molar-refractivity contribution in [2.45, 2.75) is 36.8 Å². The number of phenolic OH excluding ortho intramolecular Hbond substituents is 1. The van der Waals surface area contributed by atoms with Crippen molar-refractivity contribution in [3.05, 3.63) is 105 Å². The first-order chi connectivity index (χ1) is 16.9. The number of aromatic nitrogens is 1. The first-order valence-electron chi connectivity index (χ1n) is 11.9. The van der Waals surface area contributed by atoms with Crippen LogP contribution >= 0.6 is 0 Å². The van der Waals surface area contributed by atoms with Gasteiger partial charge >= 0.3 is 0 Å². The molecule has 1 fully saturated rings. The summed E-state index contributed by atoms with van der Waals surface area (Å²) in [6.45, 7) is 2.03. The number of fused-ring (bicyclic) bond motifs is 4. The van der Waals surface area contributed by atoms with E-state index in [9.17, 15) is 20.3 Å². The summed E-state index contributed by atoms with van der Waals surface area (Å²) >= 11 is 0. The van der Waals surface area contributed by atoms with Crippen molar-refractivity contribution in [2.24, 2.45) is 0 Å². The number of aliphatic hydroxyl groups is 1. The zero-order valence-electron chi connectivity index (χ0n) is 19.3. The lowest BCUT2D eigenvalue weighted by Crippen LogP contribution is -2.66. The van der Waals surface area contributed by atoms with Gasteiger partial charge in [0, 0.05) is 60.1 Å². The van der Waals surface area contributed by atoms with Gasteiger partial charge in [-0.15, -0.1) is 0 Å². The van der Waals surface area contributed by atoms with Crippen LogP contribution in [-0.4, -0.2) is 43.7 Å². The molecule has 0 amide bonds. The number of aromatic amines is 1. The molecule has 3 N–H and O–H groups in total. The minimum Gasteiger partial charge on any atom is -0.508 e. The standard InChI is InChI=1S/C28H27N3O4/c32-22-8-4-7-20(13-22)27-11-12-30(17-19-5-2-1-3-6-19)18-28(27,33)15-24-23-14-21(31(34)35)9-10-25(23)29-26(24)16-27/h1-10,13-14,29,32-33H,11-12,15-18H2. The molecule has 2 unspecified atom stereocenters. The number of non-ortho nitro benzene ring substituents is 1. The molecule has 0 saturated carbocycles. The van der Waals surface area contributed by atoms with E-state index in [2.05, 4.69) is 22.0 Å². The lowest BCUT2D eigenvalue weighted by molar-refractivity contribution is -0.384. The third-order valence-corrected chi connectivity index (χ3v) is 8.02. The van der Waals surface area contributed by atoms with Crippen LogP contribution in [0.2, 0.25) is 0 Å². The molecule has 2 atom stereocenters. The fraction of sp³-hybridized carbons (Fsp3) is 0.286. The van der Waals surface area contributed by atoms with Gasteiger partial charge in [-0.2, -0.15) is 0 Å². The van der Waals surface area contributed by atoms with E-state index in [1.54, 1.807) is 24.3 Å². The van der Waals surface area contributed by atoms with Crippen molar-refractivity contribution in [3.63, 3.8) is 0 Å². The van der Waals surface area contributed by atoms with E-state index in [0.717, 1.165) is 47.2 Å². The number of aromatic hydroxyl groups is 1.